The largest absolute Gasteiger partial charge is 0.345 e. The number of anilines is 1. The van der Waals surface area contributed by atoms with E-state index in [2.05, 4.69) is 16.6 Å². The predicted molar refractivity (Wildman–Crippen MR) is 83.9 cm³/mol. The Bertz CT molecular complexity index is 619. The number of hydrogen-bond donors (Lipinski definition) is 2. The van der Waals surface area contributed by atoms with Gasteiger partial charge >= 0.3 is 0 Å². The third kappa shape index (κ3) is 5.29. The van der Waals surface area contributed by atoms with Crippen LogP contribution in [0.1, 0.15) is 19.4 Å². The van der Waals surface area contributed by atoms with Crippen molar-refractivity contribution in [1.82, 2.24) is 10.2 Å². The predicted octanol–water partition coefficient (Wildman–Crippen LogP) is 0.589. The first-order chi connectivity index (χ1) is 10.3. The van der Waals surface area contributed by atoms with Crippen LogP contribution in [-0.4, -0.2) is 42.3 Å². The molecule has 1 aromatic rings. The second-order valence-electron chi connectivity index (χ2n) is 4.89. The summed E-state index contributed by atoms with van der Waals surface area (Å²) in [5.74, 6) is 1.48. The maximum Gasteiger partial charge on any atom is 0.245 e. The summed E-state index contributed by atoms with van der Waals surface area (Å²) in [4.78, 5) is 36.1. The lowest BCUT2D eigenvalue weighted by atomic mass is 10.2. The van der Waals surface area contributed by atoms with Gasteiger partial charge in [0.2, 0.25) is 17.7 Å². The van der Waals surface area contributed by atoms with Crippen LogP contribution in [-0.2, 0) is 14.4 Å². The zero-order chi connectivity index (χ0) is 16.7. The summed E-state index contributed by atoms with van der Waals surface area (Å²) in [5.41, 5.74) is 1.22. The highest BCUT2D eigenvalue weighted by Crippen LogP contribution is 2.09. The van der Waals surface area contributed by atoms with Crippen molar-refractivity contribution in [3.05, 3.63) is 29.8 Å². The van der Waals surface area contributed by atoms with Gasteiger partial charge in [-0.2, -0.15) is 0 Å². The molecule has 0 saturated heterocycles. The average Bonchev–Trinajstić information content (AvgIpc) is 2.45. The van der Waals surface area contributed by atoms with E-state index in [1.807, 2.05) is 0 Å². The minimum atomic E-state index is -0.680. The van der Waals surface area contributed by atoms with Crippen LogP contribution >= 0.6 is 0 Å². The quantitative estimate of drug-likeness (QED) is 0.781. The first-order valence-corrected chi connectivity index (χ1v) is 6.72. The molecule has 1 unspecified atom stereocenters. The molecule has 6 nitrogen and oxygen atoms in total. The van der Waals surface area contributed by atoms with E-state index in [-0.39, 0.29) is 24.3 Å². The molecule has 0 aliphatic carbocycles. The molecule has 0 radical (unpaired) electrons. The molecule has 6 heteroatoms. The van der Waals surface area contributed by atoms with E-state index >= 15 is 0 Å². The smallest absolute Gasteiger partial charge is 0.245 e. The Morgan fingerprint density at radius 3 is 2.64 bits per heavy atom. The summed E-state index contributed by atoms with van der Waals surface area (Å²) in [6.45, 7) is 2.77. The van der Waals surface area contributed by atoms with Crippen LogP contribution in [0, 0.1) is 12.3 Å². The molecule has 0 spiro atoms. The number of carbonyl (C=O) groups excluding carboxylic acids is 3. The zero-order valence-electron chi connectivity index (χ0n) is 12.8. The molecule has 3 amide bonds. The molecule has 2 N–H and O–H groups in total. The van der Waals surface area contributed by atoms with Crippen LogP contribution in [0.4, 0.5) is 5.69 Å². The van der Waals surface area contributed by atoms with Gasteiger partial charge in [0.05, 0.1) is 6.54 Å². The summed E-state index contributed by atoms with van der Waals surface area (Å²) < 4.78 is 0. The molecule has 0 aliphatic rings. The van der Waals surface area contributed by atoms with Gasteiger partial charge in [-0.15, -0.1) is 6.42 Å². The molecule has 1 rings (SSSR count). The van der Waals surface area contributed by atoms with Gasteiger partial charge in [-0.3, -0.25) is 14.4 Å². The highest BCUT2D eigenvalue weighted by Gasteiger charge is 2.20. The minimum absolute atomic E-state index is 0.122. The van der Waals surface area contributed by atoms with Crippen LogP contribution < -0.4 is 10.6 Å². The van der Waals surface area contributed by atoms with Crippen molar-refractivity contribution in [2.75, 3.05) is 18.9 Å². The van der Waals surface area contributed by atoms with Gasteiger partial charge in [-0.25, -0.2) is 0 Å². The molecule has 0 aromatic heterocycles. The summed E-state index contributed by atoms with van der Waals surface area (Å²) in [6, 6.07) is 6.18. The Morgan fingerprint density at radius 2 is 2.05 bits per heavy atom. The number of likely N-dealkylation sites (N-methyl/N-ethyl adjacent to an activating group) is 1. The maximum absolute atomic E-state index is 12.0. The first kappa shape index (κ1) is 17.2. The molecule has 1 atom stereocenters. The van der Waals surface area contributed by atoms with Crippen molar-refractivity contribution in [3.8, 4) is 12.3 Å². The number of rotatable bonds is 5. The summed E-state index contributed by atoms with van der Waals surface area (Å²) in [5, 5.41) is 5.14. The summed E-state index contributed by atoms with van der Waals surface area (Å²) in [6.07, 6.45) is 5.29. The third-order valence-electron chi connectivity index (χ3n) is 2.86. The molecule has 1 aromatic carbocycles. The lowest BCUT2D eigenvalue weighted by Crippen LogP contribution is -2.46. The van der Waals surface area contributed by atoms with E-state index in [0.717, 1.165) is 0 Å². The van der Waals surface area contributed by atoms with Gasteiger partial charge in [-0.1, -0.05) is 12.0 Å². The lowest BCUT2D eigenvalue weighted by molar-refractivity contribution is -0.136. The van der Waals surface area contributed by atoms with Crippen molar-refractivity contribution in [3.63, 3.8) is 0 Å². The molecular formula is C16H19N3O3. The topological polar surface area (TPSA) is 78.5 Å². The molecule has 116 valence electrons. The zero-order valence-corrected chi connectivity index (χ0v) is 12.8. The van der Waals surface area contributed by atoms with Crippen molar-refractivity contribution < 1.29 is 14.4 Å². The van der Waals surface area contributed by atoms with Crippen LogP contribution in [0.2, 0.25) is 0 Å². The number of amides is 3. The summed E-state index contributed by atoms with van der Waals surface area (Å²) in [7, 11) is 1.50. The van der Waals surface area contributed by atoms with E-state index < -0.39 is 6.04 Å². The van der Waals surface area contributed by atoms with E-state index in [4.69, 9.17) is 6.42 Å². The number of carbonyl (C=O) groups is 3. The van der Waals surface area contributed by atoms with Gasteiger partial charge in [0, 0.05) is 25.2 Å². The Hall–Kier alpha value is -2.81. The summed E-state index contributed by atoms with van der Waals surface area (Å²) >= 11 is 0. The van der Waals surface area contributed by atoms with Crippen molar-refractivity contribution in [1.29, 1.82) is 0 Å². The number of benzene rings is 1. The number of terminal acetylenes is 1. The van der Waals surface area contributed by atoms with E-state index in [9.17, 15) is 14.4 Å². The second kappa shape index (κ2) is 7.84. The highest BCUT2D eigenvalue weighted by molar-refractivity contribution is 5.95. The van der Waals surface area contributed by atoms with Crippen LogP contribution in [0.3, 0.4) is 0 Å². The molecule has 0 heterocycles. The van der Waals surface area contributed by atoms with Crippen molar-refractivity contribution >= 4 is 23.4 Å². The van der Waals surface area contributed by atoms with Gasteiger partial charge < -0.3 is 15.5 Å². The Labute approximate surface area is 129 Å². The fourth-order valence-electron chi connectivity index (χ4n) is 1.88. The third-order valence-corrected chi connectivity index (χ3v) is 2.86. The Kier molecular flexibility index (Phi) is 6.14. The van der Waals surface area contributed by atoms with Gasteiger partial charge in [0.25, 0.3) is 0 Å². The monoisotopic (exact) mass is 301 g/mol. The Morgan fingerprint density at radius 1 is 1.36 bits per heavy atom. The fraction of sp³-hybridized carbons (Fsp3) is 0.312. The number of nitrogens with one attached hydrogen (secondary N) is 2. The highest BCUT2D eigenvalue weighted by atomic mass is 16.2. The normalized spacial score (nSPS) is 11.0. The molecule has 0 saturated carbocycles. The number of hydrogen-bond acceptors (Lipinski definition) is 3. The fourth-order valence-corrected chi connectivity index (χ4v) is 1.88. The maximum atomic E-state index is 12.0. The van der Waals surface area contributed by atoms with E-state index in [0.29, 0.717) is 11.3 Å². The van der Waals surface area contributed by atoms with Gasteiger partial charge in [0.1, 0.15) is 6.04 Å². The first-order valence-electron chi connectivity index (χ1n) is 6.72. The average molecular weight is 301 g/mol. The van der Waals surface area contributed by atoms with E-state index in [1.54, 1.807) is 31.2 Å². The van der Waals surface area contributed by atoms with Crippen LogP contribution in [0.5, 0.6) is 0 Å². The lowest BCUT2D eigenvalue weighted by Gasteiger charge is -2.21. The van der Waals surface area contributed by atoms with Crippen LogP contribution in [0.25, 0.3) is 0 Å². The Balaban J connectivity index is 2.58. The van der Waals surface area contributed by atoms with Gasteiger partial charge in [0.15, 0.2) is 0 Å². The molecule has 0 aliphatic heterocycles. The molecule has 0 bridgehead atoms. The van der Waals surface area contributed by atoms with Crippen molar-refractivity contribution in [2.24, 2.45) is 0 Å². The SMILES string of the molecule is C#Cc1cccc(NC(=O)CN(C)C(=O)C(C)NC(C)=O)c1. The molecule has 0 fully saturated rings. The number of nitrogens with zero attached hydrogens (tertiary/aromatic N) is 1. The minimum Gasteiger partial charge on any atom is -0.345 e. The van der Waals surface area contributed by atoms with Crippen LogP contribution in [0.15, 0.2) is 24.3 Å². The van der Waals surface area contributed by atoms with E-state index in [1.165, 1.54) is 18.9 Å². The van der Waals surface area contributed by atoms with Crippen molar-refractivity contribution in [2.45, 2.75) is 19.9 Å². The standard InChI is InChI=1S/C16H19N3O3/c1-5-13-7-6-8-14(9-13)18-15(21)10-19(4)16(22)11(2)17-12(3)20/h1,6-9,11H,10H2,2-4H3,(H,17,20)(H,18,21). The molecule has 22 heavy (non-hydrogen) atoms. The molecular weight excluding hydrogens is 282 g/mol. The second-order valence-corrected chi connectivity index (χ2v) is 4.89. The van der Waals surface area contributed by atoms with Gasteiger partial charge in [-0.05, 0) is 25.1 Å².